The van der Waals surface area contributed by atoms with Gasteiger partial charge in [0.1, 0.15) is 5.82 Å². The molecular weight excluding hydrogens is 462 g/mol. The standard InChI is InChI=1S/C19H23FN4O2.HI/c1-26-13-15-4-2-3-5-17(15)24-19(21)23-11-10-22-18(25)12-14-6-8-16(20)9-7-14;/h2-9H,10-13H2,1H3,(H,22,25)(H3,21,23,24);1H. The number of nitrogens with zero attached hydrogens (tertiary/aromatic N) is 1. The minimum atomic E-state index is -0.321. The van der Waals surface area contributed by atoms with Gasteiger partial charge in [0, 0.05) is 24.9 Å². The summed E-state index contributed by atoms with van der Waals surface area (Å²) in [6.07, 6.45) is 0.197. The Morgan fingerprint density at radius 3 is 2.59 bits per heavy atom. The summed E-state index contributed by atoms with van der Waals surface area (Å²) < 4.78 is 18.0. The van der Waals surface area contributed by atoms with Crippen LogP contribution in [0, 0.1) is 5.82 Å². The lowest BCUT2D eigenvalue weighted by Gasteiger charge is -2.11. The number of aliphatic imine (C=N–C) groups is 1. The number of amides is 1. The number of guanidine groups is 1. The van der Waals surface area contributed by atoms with Crippen molar-refractivity contribution in [2.24, 2.45) is 10.7 Å². The molecule has 27 heavy (non-hydrogen) atoms. The highest BCUT2D eigenvalue weighted by Gasteiger charge is 2.04. The Balaban J connectivity index is 0.00000364. The molecule has 0 unspecified atom stereocenters. The summed E-state index contributed by atoms with van der Waals surface area (Å²) in [7, 11) is 1.63. The summed E-state index contributed by atoms with van der Waals surface area (Å²) in [5, 5.41) is 5.78. The quantitative estimate of drug-likeness (QED) is 0.232. The van der Waals surface area contributed by atoms with Crippen molar-refractivity contribution in [2.45, 2.75) is 13.0 Å². The first-order valence-electron chi connectivity index (χ1n) is 8.23. The van der Waals surface area contributed by atoms with Crippen LogP contribution in [0.4, 0.5) is 10.1 Å². The number of anilines is 1. The topological polar surface area (TPSA) is 88.7 Å². The van der Waals surface area contributed by atoms with Crippen molar-refractivity contribution in [3.05, 3.63) is 65.5 Å². The van der Waals surface area contributed by atoms with E-state index in [2.05, 4.69) is 15.6 Å². The van der Waals surface area contributed by atoms with Crippen LogP contribution in [-0.2, 0) is 22.6 Å². The van der Waals surface area contributed by atoms with E-state index in [1.165, 1.54) is 12.1 Å². The van der Waals surface area contributed by atoms with Gasteiger partial charge in [-0.15, -0.1) is 24.0 Å². The molecule has 0 fully saturated rings. The minimum absolute atomic E-state index is 0. The molecule has 8 heteroatoms. The number of carbonyl (C=O) groups is 1. The van der Waals surface area contributed by atoms with E-state index in [4.69, 9.17) is 10.5 Å². The van der Waals surface area contributed by atoms with Crippen molar-refractivity contribution >= 4 is 41.5 Å². The highest BCUT2D eigenvalue weighted by atomic mass is 127. The number of benzene rings is 2. The van der Waals surface area contributed by atoms with Crippen LogP contribution >= 0.6 is 24.0 Å². The molecule has 2 rings (SSSR count). The first-order valence-corrected chi connectivity index (χ1v) is 8.23. The Morgan fingerprint density at radius 1 is 1.19 bits per heavy atom. The van der Waals surface area contributed by atoms with Crippen molar-refractivity contribution in [2.75, 3.05) is 25.5 Å². The fourth-order valence-corrected chi connectivity index (χ4v) is 2.32. The van der Waals surface area contributed by atoms with Crippen LogP contribution in [0.2, 0.25) is 0 Å². The average molecular weight is 486 g/mol. The Morgan fingerprint density at radius 2 is 1.89 bits per heavy atom. The van der Waals surface area contributed by atoms with Gasteiger partial charge in [-0.1, -0.05) is 30.3 Å². The lowest BCUT2D eigenvalue weighted by Crippen LogP contribution is -2.29. The van der Waals surface area contributed by atoms with Crippen molar-refractivity contribution < 1.29 is 13.9 Å². The van der Waals surface area contributed by atoms with E-state index in [9.17, 15) is 9.18 Å². The SMILES string of the molecule is COCc1ccccc1NC(N)=NCCNC(=O)Cc1ccc(F)cc1.I. The summed E-state index contributed by atoms with van der Waals surface area (Å²) in [6, 6.07) is 13.5. The van der Waals surface area contributed by atoms with Gasteiger partial charge in [-0.2, -0.15) is 0 Å². The average Bonchev–Trinajstić information content (AvgIpc) is 2.63. The second kappa shape index (κ2) is 12.2. The van der Waals surface area contributed by atoms with Crippen LogP contribution in [0.25, 0.3) is 0 Å². The normalized spacial score (nSPS) is 10.8. The van der Waals surface area contributed by atoms with E-state index < -0.39 is 0 Å². The molecule has 4 N–H and O–H groups in total. The summed E-state index contributed by atoms with van der Waals surface area (Å²) in [5.41, 5.74) is 8.43. The molecule has 0 saturated carbocycles. The molecular formula is C19H24FIN4O2. The molecule has 6 nitrogen and oxygen atoms in total. The first kappa shape index (κ1) is 22.8. The van der Waals surface area contributed by atoms with Gasteiger partial charge in [0.15, 0.2) is 5.96 Å². The first-order chi connectivity index (χ1) is 12.6. The number of nitrogens with two attached hydrogens (primary N) is 1. The second-order valence-electron chi connectivity index (χ2n) is 5.64. The van der Waals surface area contributed by atoms with E-state index >= 15 is 0 Å². The Labute approximate surface area is 175 Å². The molecule has 0 spiro atoms. The van der Waals surface area contributed by atoms with Gasteiger partial charge in [0.05, 0.1) is 19.6 Å². The van der Waals surface area contributed by atoms with Crippen LogP contribution in [0.1, 0.15) is 11.1 Å². The zero-order valence-electron chi connectivity index (χ0n) is 15.1. The number of para-hydroxylation sites is 1. The zero-order valence-corrected chi connectivity index (χ0v) is 17.4. The van der Waals surface area contributed by atoms with Gasteiger partial charge in [-0.05, 0) is 23.8 Å². The highest BCUT2D eigenvalue weighted by molar-refractivity contribution is 14.0. The lowest BCUT2D eigenvalue weighted by molar-refractivity contribution is -0.120. The molecule has 0 aliphatic carbocycles. The molecule has 0 bridgehead atoms. The van der Waals surface area contributed by atoms with Crippen molar-refractivity contribution in [1.29, 1.82) is 0 Å². The highest BCUT2D eigenvalue weighted by Crippen LogP contribution is 2.15. The second-order valence-corrected chi connectivity index (χ2v) is 5.64. The van der Waals surface area contributed by atoms with Crippen LogP contribution in [0.3, 0.4) is 0 Å². The number of carbonyl (C=O) groups excluding carboxylic acids is 1. The van der Waals surface area contributed by atoms with E-state index in [0.29, 0.717) is 19.7 Å². The van der Waals surface area contributed by atoms with E-state index in [-0.39, 0.29) is 48.1 Å². The van der Waals surface area contributed by atoms with Crippen LogP contribution in [-0.4, -0.2) is 32.1 Å². The molecule has 0 heterocycles. The molecule has 1 amide bonds. The van der Waals surface area contributed by atoms with Gasteiger partial charge >= 0.3 is 0 Å². The van der Waals surface area contributed by atoms with Gasteiger partial charge in [-0.25, -0.2) is 4.39 Å². The number of methoxy groups -OCH3 is 1. The molecule has 0 atom stereocenters. The summed E-state index contributed by atoms with van der Waals surface area (Å²) in [4.78, 5) is 16.0. The number of rotatable bonds is 8. The van der Waals surface area contributed by atoms with E-state index in [1.54, 1.807) is 19.2 Å². The van der Waals surface area contributed by atoms with E-state index in [1.807, 2.05) is 24.3 Å². The molecule has 2 aromatic rings. The maximum atomic E-state index is 12.8. The Hall–Kier alpha value is -2.20. The third-order valence-corrected chi connectivity index (χ3v) is 3.57. The van der Waals surface area contributed by atoms with Gasteiger partial charge in [0.2, 0.25) is 5.91 Å². The van der Waals surface area contributed by atoms with Crippen LogP contribution in [0.5, 0.6) is 0 Å². The lowest BCUT2D eigenvalue weighted by atomic mass is 10.1. The third-order valence-electron chi connectivity index (χ3n) is 3.57. The van der Waals surface area contributed by atoms with Crippen molar-refractivity contribution in [1.82, 2.24) is 5.32 Å². The maximum Gasteiger partial charge on any atom is 0.224 e. The third kappa shape index (κ3) is 8.35. The fourth-order valence-electron chi connectivity index (χ4n) is 2.32. The predicted molar refractivity (Wildman–Crippen MR) is 116 cm³/mol. The number of nitrogens with one attached hydrogen (secondary N) is 2. The van der Waals surface area contributed by atoms with Crippen molar-refractivity contribution in [3.8, 4) is 0 Å². The minimum Gasteiger partial charge on any atom is -0.380 e. The molecule has 2 aromatic carbocycles. The Bertz CT molecular complexity index is 754. The Kier molecular flexibility index (Phi) is 10.3. The largest absolute Gasteiger partial charge is 0.380 e. The predicted octanol–water partition coefficient (Wildman–Crippen LogP) is 2.68. The maximum absolute atomic E-state index is 12.8. The van der Waals surface area contributed by atoms with Crippen LogP contribution in [0.15, 0.2) is 53.5 Å². The fraction of sp³-hybridized carbons (Fsp3) is 0.263. The molecule has 0 aromatic heterocycles. The monoisotopic (exact) mass is 486 g/mol. The smallest absolute Gasteiger partial charge is 0.224 e. The molecule has 0 aliphatic heterocycles. The number of halogens is 2. The molecule has 0 aliphatic rings. The van der Waals surface area contributed by atoms with Crippen molar-refractivity contribution in [3.63, 3.8) is 0 Å². The zero-order chi connectivity index (χ0) is 18.8. The molecule has 0 saturated heterocycles. The van der Waals surface area contributed by atoms with Gasteiger partial charge < -0.3 is 21.1 Å². The number of ether oxygens (including phenoxy) is 1. The van der Waals surface area contributed by atoms with Crippen LogP contribution < -0.4 is 16.4 Å². The summed E-state index contributed by atoms with van der Waals surface area (Å²) in [5.74, 6) is -0.205. The van der Waals surface area contributed by atoms with E-state index in [0.717, 1.165) is 16.8 Å². The van der Waals surface area contributed by atoms with Gasteiger partial charge in [0.25, 0.3) is 0 Å². The summed E-state index contributed by atoms with van der Waals surface area (Å²) >= 11 is 0. The molecule has 146 valence electrons. The number of hydrogen-bond acceptors (Lipinski definition) is 3. The van der Waals surface area contributed by atoms with Gasteiger partial charge in [-0.3, -0.25) is 9.79 Å². The summed E-state index contributed by atoms with van der Waals surface area (Å²) in [6.45, 7) is 1.18. The molecule has 0 radical (unpaired) electrons. The number of hydrogen-bond donors (Lipinski definition) is 3.